The molecule has 15 heavy (non-hydrogen) atoms. The molecule has 2 rings (SSSR count). The maximum atomic E-state index is 11.7. The molecule has 5 heteroatoms. The zero-order valence-corrected chi connectivity index (χ0v) is 9.33. The van der Waals surface area contributed by atoms with Gasteiger partial charge in [0, 0.05) is 19.1 Å². The third kappa shape index (κ3) is 2.38. The minimum absolute atomic E-state index is 0.0889. The molecule has 1 aliphatic carbocycles. The zero-order chi connectivity index (χ0) is 10.8. The molecule has 82 valence electrons. The Morgan fingerprint density at radius 2 is 2.40 bits per heavy atom. The second-order valence-electron chi connectivity index (χ2n) is 3.69. The lowest BCUT2D eigenvalue weighted by molar-refractivity contribution is 0.184. The van der Waals surface area contributed by atoms with Gasteiger partial charge in [0.25, 0.3) is 5.56 Å². The Bertz CT molecular complexity index is 412. The van der Waals surface area contributed by atoms with Gasteiger partial charge in [-0.3, -0.25) is 9.36 Å². The van der Waals surface area contributed by atoms with Crippen molar-refractivity contribution in [3.63, 3.8) is 0 Å². The van der Waals surface area contributed by atoms with E-state index in [1.807, 2.05) is 0 Å². The SMILES string of the molecule is COCCn1c(C2CC2)nc(Cl)cc1=O. The van der Waals surface area contributed by atoms with Gasteiger partial charge in [-0.25, -0.2) is 4.98 Å². The number of methoxy groups -OCH3 is 1. The summed E-state index contributed by atoms with van der Waals surface area (Å²) in [6, 6.07) is 1.35. The lowest BCUT2D eigenvalue weighted by Gasteiger charge is -2.10. The average Bonchev–Trinajstić information content (AvgIpc) is 2.98. The smallest absolute Gasteiger partial charge is 0.255 e. The van der Waals surface area contributed by atoms with Crippen LogP contribution in [0.3, 0.4) is 0 Å². The highest BCUT2D eigenvalue weighted by Gasteiger charge is 2.28. The largest absolute Gasteiger partial charge is 0.383 e. The summed E-state index contributed by atoms with van der Waals surface area (Å²) in [7, 11) is 1.62. The summed E-state index contributed by atoms with van der Waals surface area (Å²) in [5.41, 5.74) is -0.0889. The van der Waals surface area contributed by atoms with Crippen LogP contribution in [0.5, 0.6) is 0 Å². The van der Waals surface area contributed by atoms with E-state index < -0.39 is 0 Å². The van der Waals surface area contributed by atoms with Gasteiger partial charge in [0.05, 0.1) is 13.2 Å². The van der Waals surface area contributed by atoms with E-state index in [0.717, 1.165) is 18.7 Å². The van der Waals surface area contributed by atoms with Crippen LogP contribution in [-0.2, 0) is 11.3 Å². The molecule has 1 aromatic rings. The van der Waals surface area contributed by atoms with Crippen molar-refractivity contribution in [2.45, 2.75) is 25.3 Å². The first-order valence-corrected chi connectivity index (χ1v) is 5.36. The lowest BCUT2D eigenvalue weighted by atomic mass is 10.3. The van der Waals surface area contributed by atoms with Gasteiger partial charge in [0.2, 0.25) is 0 Å². The van der Waals surface area contributed by atoms with Gasteiger partial charge < -0.3 is 4.74 Å². The van der Waals surface area contributed by atoms with Gasteiger partial charge in [0.1, 0.15) is 11.0 Å². The van der Waals surface area contributed by atoms with E-state index in [-0.39, 0.29) is 10.7 Å². The van der Waals surface area contributed by atoms with E-state index in [1.165, 1.54) is 6.07 Å². The number of aromatic nitrogens is 2. The number of ether oxygens (including phenoxy) is 1. The molecular weight excluding hydrogens is 216 g/mol. The highest BCUT2D eigenvalue weighted by Crippen LogP contribution is 2.38. The van der Waals surface area contributed by atoms with E-state index in [2.05, 4.69) is 4.98 Å². The van der Waals surface area contributed by atoms with Crippen LogP contribution in [0.4, 0.5) is 0 Å². The fraction of sp³-hybridized carbons (Fsp3) is 0.600. The first kappa shape index (κ1) is 10.6. The quantitative estimate of drug-likeness (QED) is 0.733. The molecule has 1 saturated carbocycles. The van der Waals surface area contributed by atoms with Crippen LogP contribution in [0.25, 0.3) is 0 Å². The van der Waals surface area contributed by atoms with E-state index in [1.54, 1.807) is 11.7 Å². The molecule has 1 fully saturated rings. The van der Waals surface area contributed by atoms with E-state index >= 15 is 0 Å². The van der Waals surface area contributed by atoms with Crippen LogP contribution in [0.1, 0.15) is 24.6 Å². The zero-order valence-electron chi connectivity index (χ0n) is 8.57. The standard InChI is InChI=1S/C10H13ClN2O2/c1-15-5-4-13-9(14)6-8(11)12-10(13)7-2-3-7/h6-7H,2-5H2,1H3. The van der Waals surface area contributed by atoms with E-state index in [9.17, 15) is 4.79 Å². The van der Waals surface area contributed by atoms with Gasteiger partial charge in [-0.05, 0) is 12.8 Å². The fourth-order valence-electron chi connectivity index (χ4n) is 1.56. The summed E-state index contributed by atoms with van der Waals surface area (Å²) in [4.78, 5) is 15.9. The lowest BCUT2D eigenvalue weighted by Crippen LogP contribution is -2.26. The van der Waals surface area contributed by atoms with Crippen LogP contribution in [0.2, 0.25) is 5.15 Å². The maximum Gasteiger partial charge on any atom is 0.255 e. The number of nitrogens with zero attached hydrogens (tertiary/aromatic N) is 2. The van der Waals surface area contributed by atoms with Crippen LogP contribution >= 0.6 is 11.6 Å². The average molecular weight is 229 g/mol. The predicted molar refractivity (Wildman–Crippen MR) is 57.4 cm³/mol. The van der Waals surface area contributed by atoms with Crippen molar-refractivity contribution in [3.05, 3.63) is 27.4 Å². The fourth-order valence-corrected chi connectivity index (χ4v) is 1.74. The number of hydrogen-bond acceptors (Lipinski definition) is 3. The predicted octanol–water partition coefficient (Wildman–Crippen LogP) is 1.42. The molecule has 0 N–H and O–H groups in total. The Kier molecular flexibility index (Phi) is 3.07. The van der Waals surface area contributed by atoms with Crippen molar-refractivity contribution in [2.24, 2.45) is 0 Å². The third-order valence-electron chi connectivity index (χ3n) is 2.47. The summed E-state index contributed by atoms with van der Waals surface area (Å²) in [6.45, 7) is 1.06. The van der Waals surface area contributed by atoms with E-state index in [4.69, 9.17) is 16.3 Å². The Morgan fingerprint density at radius 3 is 3.00 bits per heavy atom. The molecule has 0 bridgehead atoms. The van der Waals surface area contributed by atoms with Crippen molar-refractivity contribution >= 4 is 11.6 Å². The van der Waals surface area contributed by atoms with Crippen molar-refractivity contribution in [1.82, 2.24) is 9.55 Å². The highest BCUT2D eigenvalue weighted by atomic mass is 35.5. The first-order chi connectivity index (χ1) is 7.22. The monoisotopic (exact) mass is 228 g/mol. The van der Waals surface area contributed by atoms with Crippen LogP contribution in [0, 0.1) is 0 Å². The molecular formula is C10H13ClN2O2. The van der Waals surface area contributed by atoms with Crippen LogP contribution in [-0.4, -0.2) is 23.3 Å². The Hall–Kier alpha value is -0.870. The molecule has 1 heterocycles. The molecule has 0 aromatic carbocycles. The molecule has 1 aromatic heterocycles. The molecule has 0 amide bonds. The summed E-state index contributed by atoms with van der Waals surface area (Å²) in [6.07, 6.45) is 2.19. The van der Waals surface area contributed by atoms with E-state index in [0.29, 0.717) is 19.1 Å². The minimum Gasteiger partial charge on any atom is -0.383 e. The molecule has 0 atom stereocenters. The number of hydrogen-bond donors (Lipinski definition) is 0. The Balaban J connectivity index is 2.35. The summed E-state index contributed by atoms with van der Waals surface area (Å²) >= 11 is 5.77. The normalized spacial score (nSPS) is 15.6. The molecule has 0 spiro atoms. The Morgan fingerprint density at radius 1 is 1.67 bits per heavy atom. The van der Waals surface area contributed by atoms with Crippen LogP contribution in [0.15, 0.2) is 10.9 Å². The second-order valence-corrected chi connectivity index (χ2v) is 4.08. The van der Waals surface area contributed by atoms with Crippen molar-refractivity contribution < 1.29 is 4.74 Å². The molecule has 0 radical (unpaired) electrons. The third-order valence-corrected chi connectivity index (χ3v) is 2.66. The second kappa shape index (κ2) is 4.33. The van der Waals surface area contributed by atoms with Crippen LogP contribution < -0.4 is 5.56 Å². The van der Waals surface area contributed by atoms with Gasteiger partial charge in [-0.1, -0.05) is 11.6 Å². The van der Waals surface area contributed by atoms with Crippen molar-refractivity contribution in [1.29, 1.82) is 0 Å². The molecule has 0 saturated heterocycles. The molecule has 0 unspecified atom stereocenters. The van der Waals surface area contributed by atoms with Gasteiger partial charge in [-0.15, -0.1) is 0 Å². The minimum atomic E-state index is -0.0889. The number of halogens is 1. The summed E-state index contributed by atoms with van der Waals surface area (Å²) in [5, 5.41) is 0.288. The first-order valence-electron chi connectivity index (χ1n) is 4.98. The molecule has 1 aliphatic rings. The maximum absolute atomic E-state index is 11.7. The van der Waals surface area contributed by atoms with Gasteiger partial charge >= 0.3 is 0 Å². The highest BCUT2D eigenvalue weighted by molar-refractivity contribution is 6.29. The molecule has 4 nitrogen and oxygen atoms in total. The number of rotatable bonds is 4. The van der Waals surface area contributed by atoms with Gasteiger partial charge in [-0.2, -0.15) is 0 Å². The molecule has 0 aliphatic heterocycles. The van der Waals surface area contributed by atoms with Crippen molar-refractivity contribution in [3.8, 4) is 0 Å². The van der Waals surface area contributed by atoms with Gasteiger partial charge in [0.15, 0.2) is 0 Å². The summed E-state index contributed by atoms with van der Waals surface area (Å²) in [5.74, 6) is 1.22. The Labute approximate surface area is 92.8 Å². The topological polar surface area (TPSA) is 44.1 Å². The van der Waals surface area contributed by atoms with Crippen molar-refractivity contribution in [2.75, 3.05) is 13.7 Å². The summed E-state index contributed by atoms with van der Waals surface area (Å²) < 4.78 is 6.63.